The second-order valence-electron chi connectivity index (χ2n) is 4.11. The molecule has 6 heteroatoms. The highest BCUT2D eigenvalue weighted by atomic mass is 35.5. The highest BCUT2D eigenvalue weighted by Gasteiger charge is 2.09. The van der Waals surface area contributed by atoms with Crippen LogP contribution in [0.5, 0.6) is 0 Å². The zero-order chi connectivity index (χ0) is 14.7. The van der Waals surface area contributed by atoms with Gasteiger partial charge in [0.2, 0.25) is 0 Å². The first-order chi connectivity index (χ1) is 9.47. The normalized spacial score (nSPS) is 10.3. The Hall–Kier alpha value is -1.42. The standard InChI is InChI=1S/C14H10Cl3NO2/c15-10-6-9(7-11(16)14(10)17)18-12-4-2-1-3-8(12)5-13(19)20/h1-4,6-7,18H,5H2,(H,19,20). The molecule has 0 spiro atoms. The molecule has 0 amide bonds. The zero-order valence-corrected chi connectivity index (χ0v) is 12.4. The number of benzene rings is 2. The van der Waals surface area contributed by atoms with Crippen LogP contribution in [0.25, 0.3) is 0 Å². The van der Waals surface area contributed by atoms with Crippen LogP contribution in [-0.2, 0) is 11.2 Å². The lowest BCUT2D eigenvalue weighted by atomic mass is 10.1. The molecular weight excluding hydrogens is 321 g/mol. The third kappa shape index (κ3) is 3.57. The summed E-state index contributed by atoms with van der Waals surface area (Å²) in [5.74, 6) is -0.897. The molecule has 2 aromatic rings. The van der Waals surface area contributed by atoms with Crippen LogP contribution in [0, 0.1) is 0 Å². The van der Waals surface area contributed by atoms with Crippen molar-refractivity contribution in [2.45, 2.75) is 6.42 Å². The van der Waals surface area contributed by atoms with Gasteiger partial charge < -0.3 is 10.4 Å². The maximum Gasteiger partial charge on any atom is 0.307 e. The SMILES string of the molecule is O=C(O)Cc1ccccc1Nc1cc(Cl)c(Cl)c(Cl)c1. The topological polar surface area (TPSA) is 49.3 Å². The van der Waals surface area contributed by atoms with Gasteiger partial charge in [-0.15, -0.1) is 0 Å². The molecule has 0 aliphatic heterocycles. The monoisotopic (exact) mass is 329 g/mol. The number of carbonyl (C=O) groups is 1. The summed E-state index contributed by atoms with van der Waals surface area (Å²) in [5.41, 5.74) is 1.99. The minimum atomic E-state index is -0.897. The summed E-state index contributed by atoms with van der Waals surface area (Å²) in [7, 11) is 0. The van der Waals surface area contributed by atoms with Gasteiger partial charge >= 0.3 is 5.97 Å². The Morgan fingerprint density at radius 1 is 1.10 bits per heavy atom. The van der Waals surface area contributed by atoms with Crippen LogP contribution in [0.15, 0.2) is 36.4 Å². The predicted octanol–water partition coefficient (Wildman–Crippen LogP) is 5.02. The van der Waals surface area contributed by atoms with E-state index in [2.05, 4.69) is 5.32 Å². The van der Waals surface area contributed by atoms with Crippen molar-refractivity contribution in [2.24, 2.45) is 0 Å². The molecule has 0 heterocycles. The van der Waals surface area contributed by atoms with Gasteiger partial charge in [-0.3, -0.25) is 4.79 Å². The molecule has 3 nitrogen and oxygen atoms in total. The smallest absolute Gasteiger partial charge is 0.307 e. The number of nitrogens with one attached hydrogen (secondary N) is 1. The lowest BCUT2D eigenvalue weighted by molar-refractivity contribution is -0.136. The summed E-state index contributed by atoms with van der Waals surface area (Å²) < 4.78 is 0. The van der Waals surface area contributed by atoms with Crippen molar-refractivity contribution in [1.82, 2.24) is 0 Å². The van der Waals surface area contributed by atoms with E-state index in [0.29, 0.717) is 27.0 Å². The fourth-order valence-corrected chi connectivity index (χ4v) is 2.34. The zero-order valence-electron chi connectivity index (χ0n) is 10.2. The van der Waals surface area contributed by atoms with Crippen LogP contribution in [0.1, 0.15) is 5.56 Å². The van der Waals surface area contributed by atoms with Crippen molar-refractivity contribution < 1.29 is 9.90 Å². The molecule has 2 aromatic carbocycles. The Labute approximate surface area is 131 Å². The van der Waals surface area contributed by atoms with E-state index in [4.69, 9.17) is 39.9 Å². The predicted molar refractivity (Wildman–Crippen MR) is 82.5 cm³/mol. The van der Waals surface area contributed by atoms with Crippen molar-refractivity contribution in [3.05, 3.63) is 57.0 Å². The van der Waals surface area contributed by atoms with Crippen molar-refractivity contribution in [3.8, 4) is 0 Å². The summed E-state index contributed by atoms with van der Waals surface area (Å²) in [4.78, 5) is 10.8. The van der Waals surface area contributed by atoms with E-state index < -0.39 is 5.97 Å². The number of aliphatic carboxylic acids is 1. The van der Waals surface area contributed by atoms with Crippen LogP contribution in [0.2, 0.25) is 15.1 Å². The molecule has 2 rings (SSSR count). The largest absolute Gasteiger partial charge is 0.481 e. The fourth-order valence-electron chi connectivity index (χ4n) is 1.74. The van der Waals surface area contributed by atoms with E-state index in [-0.39, 0.29) is 11.4 Å². The number of rotatable bonds is 4. The van der Waals surface area contributed by atoms with Gasteiger partial charge in [0.05, 0.1) is 21.5 Å². The number of hydrogen-bond donors (Lipinski definition) is 2. The molecule has 0 radical (unpaired) electrons. The maximum absolute atomic E-state index is 10.8. The highest BCUT2D eigenvalue weighted by Crippen LogP contribution is 2.34. The van der Waals surface area contributed by atoms with Gasteiger partial charge in [0, 0.05) is 11.4 Å². The van der Waals surface area contributed by atoms with Crippen molar-refractivity contribution in [1.29, 1.82) is 0 Å². The van der Waals surface area contributed by atoms with E-state index in [0.717, 1.165) is 0 Å². The summed E-state index contributed by atoms with van der Waals surface area (Å²) >= 11 is 17.8. The average Bonchev–Trinajstić information content (AvgIpc) is 2.37. The van der Waals surface area contributed by atoms with Crippen LogP contribution in [-0.4, -0.2) is 11.1 Å². The van der Waals surface area contributed by atoms with Gasteiger partial charge in [-0.25, -0.2) is 0 Å². The third-order valence-corrected chi connectivity index (χ3v) is 3.82. The van der Waals surface area contributed by atoms with Crippen molar-refractivity contribution in [2.75, 3.05) is 5.32 Å². The Bertz CT molecular complexity index is 636. The van der Waals surface area contributed by atoms with E-state index >= 15 is 0 Å². The van der Waals surface area contributed by atoms with E-state index in [1.807, 2.05) is 6.07 Å². The Morgan fingerprint density at radius 2 is 1.70 bits per heavy atom. The second kappa shape index (κ2) is 6.35. The van der Waals surface area contributed by atoms with E-state index in [1.54, 1.807) is 30.3 Å². The molecule has 104 valence electrons. The molecule has 0 saturated carbocycles. The number of anilines is 2. The lowest BCUT2D eigenvalue weighted by Crippen LogP contribution is -2.03. The number of halogens is 3. The Balaban J connectivity index is 2.33. The lowest BCUT2D eigenvalue weighted by Gasteiger charge is -2.12. The summed E-state index contributed by atoms with van der Waals surface area (Å²) in [6, 6.07) is 10.4. The summed E-state index contributed by atoms with van der Waals surface area (Å²) in [6.45, 7) is 0. The first-order valence-corrected chi connectivity index (χ1v) is 6.82. The summed E-state index contributed by atoms with van der Waals surface area (Å²) in [5, 5.41) is 12.9. The molecule has 2 N–H and O–H groups in total. The Kier molecular flexibility index (Phi) is 4.76. The molecule has 0 aliphatic carbocycles. The first kappa shape index (κ1) is 15.0. The van der Waals surface area contributed by atoms with Crippen LogP contribution >= 0.6 is 34.8 Å². The number of hydrogen-bond acceptors (Lipinski definition) is 2. The molecule has 0 bridgehead atoms. The molecule has 0 atom stereocenters. The minimum Gasteiger partial charge on any atom is -0.481 e. The molecular formula is C14H10Cl3NO2. The molecule has 0 unspecified atom stereocenters. The van der Waals surface area contributed by atoms with Crippen molar-refractivity contribution in [3.63, 3.8) is 0 Å². The van der Waals surface area contributed by atoms with Gasteiger partial charge in [0.1, 0.15) is 0 Å². The van der Waals surface area contributed by atoms with Gasteiger partial charge in [-0.05, 0) is 23.8 Å². The molecule has 0 fully saturated rings. The summed E-state index contributed by atoms with van der Waals surface area (Å²) in [6.07, 6.45) is -0.0712. The highest BCUT2D eigenvalue weighted by molar-refractivity contribution is 6.48. The van der Waals surface area contributed by atoms with Crippen molar-refractivity contribution >= 4 is 52.1 Å². The minimum absolute atomic E-state index is 0.0712. The van der Waals surface area contributed by atoms with Gasteiger partial charge in [-0.2, -0.15) is 0 Å². The van der Waals surface area contributed by atoms with Crippen LogP contribution in [0.4, 0.5) is 11.4 Å². The average molecular weight is 331 g/mol. The fraction of sp³-hybridized carbons (Fsp3) is 0.0714. The molecule has 20 heavy (non-hydrogen) atoms. The van der Waals surface area contributed by atoms with Gasteiger partial charge in [0.15, 0.2) is 0 Å². The second-order valence-corrected chi connectivity index (χ2v) is 5.30. The Morgan fingerprint density at radius 3 is 2.30 bits per heavy atom. The molecule has 0 aromatic heterocycles. The van der Waals surface area contributed by atoms with Gasteiger partial charge in [0.25, 0.3) is 0 Å². The first-order valence-electron chi connectivity index (χ1n) is 5.68. The number of carboxylic acids is 1. The third-order valence-electron chi connectivity index (χ3n) is 2.62. The molecule has 0 saturated heterocycles. The van der Waals surface area contributed by atoms with E-state index in [1.165, 1.54) is 0 Å². The van der Waals surface area contributed by atoms with Crippen LogP contribution < -0.4 is 5.32 Å². The van der Waals surface area contributed by atoms with Crippen LogP contribution in [0.3, 0.4) is 0 Å². The van der Waals surface area contributed by atoms with E-state index in [9.17, 15) is 4.79 Å². The maximum atomic E-state index is 10.8. The molecule has 0 aliphatic rings. The number of carboxylic acid groups (broad SMARTS) is 1. The number of para-hydroxylation sites is 1. The quantitative estimate of drug-likeness (QED) is 0.774. The van der Waals surface area contributed by atoms with Gasteiger partial charge in [-0.1, -0.05) is 53.0 Å².